The zero-order valence-electron chi connectivity index (χ0n) is 11.3. The molecule has 0 saturated carbocycles. The first-order valence-corrected chi connectivity index (χ1v) is 6.84. The van der Waals surface area contributed by atoms with Crippen LogP contribution in [0.3, 0.4) is 0 Å². The number of aliphatic hydroxyl groups excluding tert-OH is 1. The summed E-state index contributed by atoms with van der Waals surface area (Å²) >= 11 is 0. The van der Waals surface area contributed by atoms with E-state index in [2.05, 4.69) is 24.2 Å². The number of rotatable bonds is 8. The van der Waals surface area contributed by atoms with Crippen molar-refractivity contribution in [2.75, 3.05) is 46.5 Å². The maximum absolute atomic E-state index is 8.56. The van der Waals surface area contributed by atoms with Gasteiger partial charge in [0.05, 0.1) is 13.2 Å². The molecule has 1 atom stereocenters. The molecule has 4 heteroatoms. The fourth-order valence-electron chi connectivity index (χ4n) is 2.37. The van der Waals surface area contributed by atoms with Crippen molar-refractivity contribution in [1.29, 1.82) is 0 Å². The minimum absolute atomic E-state index is 0.124. The highest BCUT2D eigenvalue weighted by atomic mass is 16.5. The maximum atomic E-state index is 8.56. The molecule has 17 heavy (non-hydrogen) atoms. The number of piperidine rings is 1. The summed E-state index contributed by atoms with van der Waals surface area (Å²) in [7, 11) is 2.20. The first kappa shape index (κ1) is 14.9. The van der Waals surface area contributed by atoms with Gasteiger partial charge in [-0.1, -0.05) is 0 Å². The van der Waals surface area contributed by atoms with Gasteiger partial charge >= 0.3 is 0 Å². The number of ether oxygens (including phenoxy) is 1. The van der Waals surface area contributed by atoms with Crippen LogP contribution in [0.5, 0.6) is 0 Å². The second kappa shape index (κ2) is 8.86. The van der Waals surface area contributed by atoms with E-state index in [4.69, 9.17) is 9.84 Å². The minimum Gasteiger partial charge on any atom is -0.394 e. The fraction of sp³-hybridized carbons (Fsp3) is 1.00. The third-order valence-corrected chi connectivity index (χ3v) is 3.64. The lowest BCUT2D eigenvalue weighted by Crippen LogP contribution is -2.41. The van der Waals surface area contributed by atoms with Crippen molar-refractivity contribution in [2.45, 2.75) is 32.2 Å². The van der Waals surface area contributed by atoms with E-state index in [1.165, 1.54) is 25.9 Å². The molecule has 0 aliphatic carbocycles. The topological polar surface area (TPSA) is 44.7 Å². The van der Waals surface area contributed by atoms with Crippen LogP contribution in [0.4, 0.5) is 0 Å². The molecule has 102 valence electrons. The molecule has 1 aliphatic rings. The summed E-state index contributed by atoms with van der Waals surface area (Å²) in [6, 6.07) is 0.613. The van der Waals surface area contributed by atoms with Gasteiger partial charge in [-0.05, 0) is 58.8 Å². The Labute approximate surface area is 105 Å². The summed E-state index contributed by atoms with van der Waals surface area (Å²) in [5.41, 5.74) is 0. The maximum Gasteiger partial charge on any atom is 0.0697 e. The van der Waals surface area contributed by atoms with Crippen LogP contribution in [0.15, 0.2) is 0 Å². The van der Waals surface area contributed by atoms with Gasteiger partial charge in [-0.15, -0.1) is 0 Å². The molecule has 1 heterocycles. The highest BCUT2D eigenvalue weighted by Crippen LogP contribution is 2.19. The van der Waals surface area contributed by atoms with Gasteiger partial charge in [-0.2, -0.15) is 0 Å². The predicted molar refractivity (Wildman–Crippen MR) is 70.2 cm³/mol. The smallest absolute Gasteiger partial charge is 0.0697 e. The van der Waals surface area contributed by atoms with Crippen LogP contribution in [-0.2, 0) is 4.74 Å². The van der Waals surface area contributed by atoms with Crippen molar-refractivity contribution < 1.29 is 9.84 Å². The third-order valence-electron chi connectivity index (χ3n) is 3.64. The Balaban J connectivity index is 1.99. The number of hydrogen-bond acceptors (Lipinski definition) is 4. The molecule has 1 unspecified atom stereocenters. The normalized spacial score (nSPS) is 20.6. The quantitative estimate of drug-likeness (QED) is 0.617. The Kier molecular flexibility index (Phi) is 7.77. The average Bonchev–Trinajstić information content (AvgIpc) is 2.34. The Hall–Kier alpha value is -0.160. The molecule has 4 nitrogen and oxygen atoms in total. The van der Waals surface area contributed by atoms with E-state index in [0.717, 1.165) is 25.5 Å². The van der Waals surface area contributed by atoms with Crippen LogP contribution >= 0.6 is 0 Å². The van der Waals surface area contributed by atoms with E-state index in [1.54, 1.807) is 0 Å². The molecule has 0 amide bonds. The first-order chi connectivity index (χ1) is 8.24. The van der Waals surface area contributed by atoms with Gasteiger partial charge in [-0.3, -0.25) is 0 Å². The van der Waals surface area contributed by atoms with Crippen LogP contribution in [-0.4, -0.2) is 62.6 Å². The molecule has 1 rings (SSSR count). The standard InChI is InChI=1S/C13H28N2O2/c1-12(13-4-7-15(2)8-5-13)14-6-3-10-17-11-9-16/h12-14,16H,3-11H2,1-2H3. The van der Waals surface area contributed by atoms with Crippen LogP contribution in [0.2, 0.25) is 0 Å². The van der Waals surface area contributed by atoms with Gasteiger partial charge in [0.2, 0.25) is 0 Å². The molecule has 1 saturated heterocycles. The molecule has 1 aliphatic heterocycles. The van der Waals surface area contributed by atoms with Gasteiger partial charge < -0.3 is 20.1 Å². The molecular formula is C13H28N2O2. The summed E-state index contributed by atoms with van der Waals surface area (Å²) < 4.78 is 5.23. The monoisotopic (exact) mass is 244 g/mol. The van der Waals surface area contributed by atoms with E-state index < -0.39 is 0 Å². The second-order valence-corrected chi connectivity index (χ2v) is 5.07. The lowest BCUT2D eigenvalue weighted by Gasteiger charge is -2.33. The van der Waals surface area contributed by atoms with Crippen LogP contribution in [0.1, 0.15) is 26.2 Å². The van der Waals surface area contributed by atoms with E-state index >= 15 is 0 Å². The minimum atomic E-state index is 0.124. The fourth-order valence-corrected chi connectivity index (χ4v) is 2.37. The van der Waals surface area contributed by atoms with Crippen molar-refractivity contribution in [2.24, 2.45) is 5.92 Å². The molecule has 0 aromatic heterocycles. The highest BCUT2D eigenvalue weighted by Gasteiger charge is 2.21. The Morgan fingerprint density at radius 3 is 2.71 bits per heavy atom. The van der Waals surface area contributed by atoms with Crippen LogP contribution < -0.4 is 5.32 Å². The molecule has 0 spiro atoms. The van der Waals surface area contributed by atoms with Crippen molar-refractivity contribution in [3.05, 3.63) is 0 Å². The molecule has 1 fully saturated rings. The summed E-state index contributed by atoms with van der Waals surface area (Å²) in [6.07, 6.45) is 3.65. The van der Waals surface area contributed by atoms with Crippen molar-refractivity contribution in [3.8, 4) is 0 Å². The summed E-state index contributed by atoms with van der Waals surface area (Å²) in [5.74, 6) is 0.824. The Morgan fingerprint density at radius 1 is 1.35 bits per heavy atom. The van der Waals surface area contributed by atoms with Gasteiger partial charge in [0, 0.05) is 12.6 Å². The molecule has 0 aromatic rings. The van der Waals surface area contributed by atoms with Gasteiger partial charge in [-0.25, -0.2) is 0 Å². The van der Waals surface area contributed by atoms with E-state index in [1.807, 2.05) is 0 Å². The van der Waals surface area contributed by atoms with Crippen molar-refractivity contribution in [1.82, 2.24) is 10.2 Å². The van der Waals surface area contributed by atoms with Crippen LogP contribution in [0.25, 0.3) is 0 Å². The Bertz CT molecular complexity index is 182. The van der Waals surface area contributed by atoms with E-state index in [0.29, 0.717) is 12.6 Å². The van der Waals surface area contributed by atoms with E-state index in [9.17, 15) is 0 Å². The number of nitrogens with zero attached hydrogens (tertiary/aromatic N) is 1. The van der Waals surface area contributed by atoms with Gasteiger partial charge in [0.15, 0.2) is 0 Å². The molecule has 0 bridgehead atoms. The highest BCUT2D eigenvalue weighted by molar-refractivity contribution is 4.78. The Morgan fingerprint density at radius 2 is 2.06 bits per heavy atom. The lowest BCUT2D eigenvalue weighted by molar-refractivity contribution is 0.0897. The van der Waals surface area contributed by atoms with Crippen LogP contribution in [0, 0.1) is 5.92 Å². The summed E-state index contributed by atoms with van der Waals surface area (Å²) in [5, 5.41) is 12.1. The SMILES string of the molecule is CC(NCCCOCCO)C1CCN(C)CC1. The number of hydrogen-bond donors (Lipinski definition) is 2. The average molecular weight is 244 g/mol. The van der Waals surface area contributed by atoms with Gasteiger partial charge in [0.1, 0.15) is 0 Å². The summed E-state index contributed by atoms with van der Waals surface area (Å²) in [4.78, 5) is 2.41. The third kappa shape index (κ3) is 6.36. The first-order valence-electron chi connectivity index (χ1n) is 6.84. The second-order valence-electron chi connectivity index (χ2n) is 5.07. The van der Waals surface area contributed by atoms with Crippen molar-refractivity contribution >= 4 is 0 Å². The predicted octanol–water partition coefficient (Wildman–Crippen LogP) is 0.705. The number of nitrogens with one attached hydrogen (secondary N) is 1. The zero-order chi connectivity index (χ0) is 12.5. The molecule has 2 N–H and O–H groups in total. The van der Waals surface area contributed by atoms with Gasteiger partial charge in [0.25, 0.3) is 0 Å². The molecule has 0 radical (unpaired) electrons. The zero-order valence-corrected chi connectivity index (χ0v) is 11.3. The summed E-state index contributed by atoms with van der Waals surface area (Å²) in [6.45, 7) is 7.10. The molecular weight excluding hydrogens is 216 g/mol. The van der Waals surface area contributed by atoms with Crippen molar-refractivity contribution in [3.63, 3.8) is 0 Å². The largest absolute Gasteiger partial charge is 0.394 e. The number of aliphatic hydroxyl groups is 1. The molecule has 0 aromatic carbocycles. The lowest BCUT2D eigenvalue weighted by atomic mass is 9.90. The number of likely N-dealkylation sites (tertiary alicyclic amines) is 1. The van der Waals surface area contributed by atoms with E-state index in [-0.39, 0.29) is 6.61 Å².